The van der Waals surface area contributed by atoms with E-state index in [9.17, 15) is 0 Å². The summed E-state index contributed by atoms with van der Waals surface area (Å²) in [5.41, 5.74) is 18.4. The maximum absolute atomic E-state index is 5.59. The van der Waals surface area contributed by atoms with Crippen LogP contribution >= 0.6 is 0 Å². The number of dihydropyridines is 1. The summed E-state index contributed by atoms with van der Waals surface area (Å²) in [6, 6.07) is 42.2. The molecule has 3 heterocycles. The van der Waals surface area contributed by atoms with E-state index in [0.717, 1.165) is 45.9 Å². The summed E-state index contributed by atoms with van der Waals surface area (Å²) in [4.78, 5) is 15.0. The lowest BCUT2D eigenvalue weighted by Gasteiger charge is -2.40. The quantitative estimate of drug-likeness (QED) is 0.150. The number of benzene rings is 4. The van der Waals surface area contributed by atoms with Gasteiger partial charge in [-0.2, -0.15) is 0 Å². The van der Waals surface area contributed by atoms with Gasteiger partial charge in [-0.15, -0.1) is 0 Å². The standard InChI is InChI=1S/C64H49N3/c1-2-49-42(29-30-45-38-46(32-33-50(45)49)51-35-37-66-63-54(51)34-31-43-14-13-36-65-62(43)63)26-23-41-24-27-44(28-25-41)61-57-39-56-52-19-9-11-21-58(52)64(47-15-5-3-6-16-47,48-17-7-4-8-18-48)59(56)40-55(57)53-20-10-12-22-60(53)67-61/h2-9,11-19,21-40,45,50,52,57-58,61H,1,10,20H2/b26-23+/t45?,50-,52?,57?,58?,61?/m0/s1. The summed E-state index contributed by atoms with van der Waals surface area (Å²) in [6.45, 7) is 4.30. The molecule has 6 atom stereocenters. The van der Waals surface area contributed by atoms with Gasteiger partial charge in [-0.3, -0.25) is 15.0 Å². The molecule has 1 fully saturated rings. The molecule has 0 amide bonds. The number of allylic oxidation sites excluding steroid dienone is 20. The van der Waals surface area contributed by atoms with E-state index in [1.807, 2.05) is 24.5 Å². The molecule has 6 aromatic rings. The molecule has 13 rings (SSSR count). The molecule has 67 heavy (non-hydrogen) atoms. The van der Waals surface area contributed by atoms with Crippen LogP contribution in [0.15, 0.2) is 264 Å². The van der Waals surface area contributed by atoms with Crippen LogP contribution in [0.2, 0.25) is 0 Å². The van der Waals surface area contributed by atoms with E-state index in [1.54, 1.807) is 0 Å². The summed E-state index contributed by atoms with van der Waals surface area (Å²) >= 11 is 0. The first-order valence-electron chi connectivity index (χ1n) is 23.9. The third-order valence-corrected chi connectivity index (χ3v) is 15.5. The fourth-order valence-electron chi connectivity index (χ4n) is 12.5. The molecular weight excluding hydrogens is 811 g/mol. The Bertz CT molecular complexity index is 3390. The first-order chi connectivity index (χ1) is 33.2. The van der Waals surface area contributed by atoms with Crippen molar-refractivity contribution in [3.05, 3.63) is 287 Å². The third kappa shape index (κ3) is 6.28. The van der Waals surface area contributed by atoms with Crippen LogP contribution in [0.5, 0.6) is 0 Å². The van der Waals surface area contributed by atoms with Crippen molar-refractivity contribution in [2.75, 3.05) is 0 Å². The number of aromatic nitrogens is 2. The fourth-order valence-corrected chi connectivity index (χ4v) is 12.5. The van der Waals surface area contributed by atoms with E-state index in [-0.39, 0.29) is 41.0 Å². The van der Waals surface area contributed by atoms with Crippen LogP contribution < -0.4 is 0 Å². The molecule has 0 saturated heterocycles. The van der Waals surface area contributed by atoms with Crippen LogP contribution in [0.4, 0.5) is 0 Å². The van der Waals surface area contributed by atoms with Crippen LogP contribution in [0.1, 0.15) is 46.7 Å². The molecule has 7 aliphatic rings. The van der Waals surface area contributed by atoms with Crippen LogP contribution in [-0.2, 0) is 5.41 Å². The predicted octanol–water partition coefficient (Wildman–Crippen LogP) is 14.7. The van der Waals surface area contributed by atoms with Crippen molar-refractivity contribution < 1.29 is 0 Å². The number of rotatable bonds is 7. The van der Waals surface area contributed by atoms with Gasteiger partial charge in [0, 0.05) is 52.8 Å². The molecule has 320 valence electrons. The molecule has 0 spiro atoms. The van der Waals surface area contributed by atoms with Gasteiger partial charge in [0.05, 0.1) is 28.2 Å². The second-order valence-corrected chi connectivity index (χ2v) is 18.9. The number of nitrogens with zero attached hydrogens (tertiary/aromatic N) is 3. The van der Waals surface area contributed by atoms with E-state index in [2.05, 4.69) is 212 Å². The lowest BCUT2D eigenvalue weighted by molar-refractivity contribution is 0.442. The second kappa shape index (κ2) is 16.0. The molecule has 5 unspecified atom stereocenters. The van der Waals surface area contributed by atoms with Crippen molar-refractivity contribution in [3.8, 4) is 0 Å². The molecule has 1 aliphatic heterocycles. The molecule has 0 radical (unpaired) electrons. The van der Waals surface area contributed by atoms with Crippen molar-refractivity contribution in [1.29, 1.82) is 0 Å². The lowest BCUT2D eigenvalue weighted by Crippen LogP contribution is -2.35. The highest BCUT2D eigenvalue weighted by molar-refractivity contribution is 6.11. The van der Waals surface area contributed by atoms with Crippen molar-refractivity contribution in [2.24, 2.45) is 34.6 Å². The minimum Gasteiger partial charge on any atom is -0.276 e. The van der Waals surface area contributed by atoms with E-state index < -0.39 is 0 Å². The largest absolute Gasteiger partial charge is 0.276 e. The van der Waals surface area contributed by atoms with E-state index in [1.165, 1.54) is 61.3 Å². The highest BCUT2D eigenvalue weighted by Crippen LogP contribution is 2.63. The molecule has 1 saturated carbocycles. The minimum absolute atomic E-state index is 0.0182. The number of hydrogen-bond donors (Lipinski definition) is 0. The number of hydrogen-bond acceptors (Lipinski definition) is 3. The number of fused-ring (bicyclic) bond motifs is 9. The molecule has 0 bridgehead atoms. The molecule has 2 aromatic heterocycles. The van der Waals surface area contributed by atoms with Gasteiger partial charge in [-0.25, -0.2) is 0 Å². The van der Waals surface area contributed by atoms with Crippen molar-refractivity contribution in [1.82, 2.24) is 9.97 Å². The topological polar surface area (TPSA) is 38.1 Å². The summed E-state index contributed by atoms with van der Waals surface area (Å²) in [5, 5.41) is 2.23. The summed E-state index contributed by atoms with van der Waals surface area (Å²) in [6.07, 6.45) is 43.3. The average molecular weight is 860 g/mol. The van der Waals surface area contributed by atoms with Gasteiger partial charge in [0.2, 0.25) is 0 Å². The normalized spacial score (nSPS) is 25.3. The zero-order chi connectivity index (χ0) is 44.5. The Labute approximate surface area is 392 Å². The van der Waals surface area contributed by atoms with Gasteiger partial charge in [-0.05, 0) is 97.9 Å². The van der Waals surface area contributed by atoms with E-state index >= 15 is 0 Å². The Morgan fingerprint density at radius 2 is 1.46 bits per heavy atom. The second-order valence-electron chi connectivity index (χ2n) is 18.9. The minimum atomic E-state index is -0.312. The Kier molecular flexibility index (Phi) is 9.45. The van der Waals surface area contributed by atoms with Crippen LogP contribution in [0, 0.1) is 29.6 Å². The SMILES string of the molecule is C=CC1=C(/C=C/c2ccc(C3N=C4C=CCCC4=C4C=C5C(=CC43)C3C=CC=CC3C5(c3ccccc3)c3ccccc3)cc2)C=CC2C=C(c3ccnc4c3ccc3cccnc34)C=C[C@H]12. The fraction of sp³-hybridized carbons (Fsp3) is 0.141. The van der Waals surface area contributed by atoms with Gasteiger partial charge >= 0.3 is 0 Å². The van der Waals surface area contributed by atoms with Gasteiger partial charge in [0.15, 0.2) is 0 Å². The highest BCUT2D eigenvalue weighted by atomic mass is 14.8. The average Bonchev–Trinajstić information content (AvgIpc) is 3.69. The lowest BCUT2D eigenvalue weighted by atomic mass is 9.62. The highest BCUT2D eigenvalue weighted by Gasteiger charge is 2.56. The zero-order valence-electron chi connectivity index (χ0n) is 37.3. The van der Waals surface area contributed by atoms with Gasteiger partial charge in [0.25, 0.3) is 0 Å². The molecule has 4 aromatic carbocycles. The molecule has 0 N–H and O–H groups in total. The molecule has 3 heteroatoms. The molecule has 6 aliphatic carbocycles. The van der Waals surface area contributed by atoms with Gasteiger partial charge < -0.3 is 0 Å². The van der Waals surface area contributed by atoms with Crippen LogP contribution in [0.25, 0.3) is 33.5 Å². The Morgan fingerprint density at radius 3 is 2.28 bits per heavy atom. The first-order valence-corrected chi connectivity index (χ1v) is 23.9. The maximum atomic E-state index is 5.59. The molecule has 3 nitrogen and oxygen atoms in total. The van der Waals surface area contributed by atoms with Crippen LogP contribution in [0.3, 0.4) is 0 Å². The van der Waals surface area contributed by atoms with Crippen molar-refractivity contribution in [3.63, 3.8) is 0 Å². The molecular formula is C64H49N3. The van der Waals surface area contributed by atoms with Crippen molar-refractivity contribution in [2.45, 2.75) is 24.3 Å². The van der Waals surface area contributed by atoms with Gasteiger partial charge in [0.1, 0.15) is 0 Å². The van der Waals surface area contributed by atoms with E-state index in [0.29, 0.717) is 0 Å². The number of pyridine rings is 2. The Balaban J connectivity index is 0.809. The Hall–Kier alpha value is -7.75. The monoisotopic (exact) mass is 859 g/mol. The van der Waals surface area contributed by atoms with Crippen LogP contribution in [-0.4, -0.2) is 15.7 Å². The van der Waals surface area contributed by atoms with Gasteiger partial charge in [-0.1, -0.05) is 201 Å². The Morgan fingerprint density at radius 1 is 0.657 bits per heavy atom. The predicted molar refractivity (Wildman–Crippen MR) is 277 cm³/mol. The third-order valence-electron chi connectivity index (χ3n) is 15.5. The first kappa shape index (κ1) is 39.6. The summed E-state index contributed by atoms with van der Waals surface area (Å²) < 4.78 is 0. The summed E-state index contributed by atoms with van der Waals surface area (Å²) in [5.74, 6) is 1.14. The maximum Gasteiger partial charge on any atom is 0.0970 e. The summed E-state index contributed by atoms with van der Waals surface area (Å²) in [7, 11) is 0. The van der Waals surface area contributed by atoms with Crippen molar-refractivity contribution >= 4 is 39.2 Å². The smallest absolute Gasteiger partial charge is 0.0970 e. The van der Waals surface area contributed by atoms with E-state index in [4.69, 9.17) is 9.98 Å². The zero-order valence-corrected chi connectivity index (χ0v) is 37.3. The number of aliphatic imine (C=N–C) groups is 1.